The molecule has 0 saturated carbocycles. The fourth-order valence-corrected chi connectivity index (χ4v) is 2.61. The highest BCUT2D eigenvalue weighted by Gasteiger charge is 2.30. The molecule has 1 fully saturated rings. The number of carbonyl (C=O) groups is 2. The van der Waals surface area contributed by atoms with Gasteiger partial charge < -0.3 is 0 Å². The minimum Gasteiger partial charge on any atom is -0.295 e. The monoisotopic (exact) mass is 331 g/mol. The summed E-state index contributed by atoms with van der Waals surface area (Å²) in [4.78, 5) is 40.5. The molecule has 2 heterocycles. The number of piperidine rings is 1. The summed E-state index contributed by atoms with van der Waals surface area (Å²) in [6.45, 7) is 13.0. The smallest absolute Gasteiger partial charge is 0.261 e. The number of nitrogens with one attached hydrogen (secondary N) is 1. The second-order valence-electron chi connectivity index (χ2n) is 5.24. The van der Waals surface area contributed by atoms with Gasteiger partial charge in [0.05, 0.1) is 10.6 Å². The van der Waals surface area contributed by atoms with Crippen molar-refractivity contribution in [3.8, 4) is 0 Å². The summed E-state index contributed by atoms with van der Waals surface area (Å²) < 4.78 is 1.37. The molecule has 2 rings (SSSR count). The van der Waals surface area contributed by atoms with Crippen molar-refractivity contribution < 1.29 is 9.59 Å². The van der Waals surface area contributed by atoms with Crippen LogP contribution in [0.5, 0.6) is 0 Å². The molecule has 1 aliphatic rings. The van der Waals surface area contributed by atoms with E-state index in [2.05, 4.69) is 16.9 Å². The van der Waals surface area contributed by atoms with Crippen LogP contribution in [0.15, 0.2) is 17.4 Å². The Bertz CT molecular complexity index is 834. The number of hydrogen-bond donors (Lipinski definition) is 1. The number of nitrogens with zero attached hydrogens (tertiary/aromatic N) is 2. The molecule has 1 aromatic heterocycles. The molecule has 1 N–H and O–H groups in total. The molecular weight excluding hydrogens is 306 g/mol. The molecule has 130 valence electrons. The van der Waals surface area contributed by atoms with E-state index >= 15 is 0 Å². The average molecular weight is 331 g/mol. The third-order valence-electron chi connectivity index (χ3n) is 3.82. The molecule has 0 aromatic carbocycles. The zero-order valence-corrected chi connectivity index (χ0v) is 15.0. The van der Waals surface area contributed by atoms with Gasteiger partial charge in [-0.25, -0.2) is 4.98 Å². The van der Waals surface area contributed by atoms with Crippen LogP contribution in [0.4, 0.5) is 0 Å². The number of allylic oxidation sites excluding steroid dienone is 1. The van der Waals surface area contributed by atoms with E-state index in [4.69, 9.17) is 0 Å². The highest BCUT2D eigenvalue weighted by Crippen LogP contribution is 2.16. The average Bonchev–Trinajstić information content (AvgIpc) is 2.57. The van der Waals surface area contributed by atoms with Gasteiger partial charge in [0, 0.05) is 6.42 Å². The third kappa shape index (κ3) is 3.69. The number of aromatic nitrogens is 2. The Morgan fingerprint density at radius 2 is 1.96 bits per heavy atom. The number of amides is 2. The summed E-state index contributed by atoms with van der Waals surface area (Å²) in [6.07, 6.45) is 3.84. The van der Waals surface area contributed by atoms with Gasteiger partial charge in [-0.05, 0) is 32.8 Å². The van der Waals surface area contributed by atoms with E-state index in [0.717, 1.165) is 5.57 Å². The van der Waals surface area contributed by atoms with E-state index in [0.29, 0.717) is 22.8 Å². The van der Waals surface area contributed by atoms with Gasteiger partial charge in [-0.2, -0.15) is 0 Å². The van der Waals surface area contributed by atoms with Gasteiger partial charge in [0.1, 0.15) is 11.9 Å². The fourth-order valence-electron chi connectivity index (χ4n) is 2.61. The summed E-state index contributed by atoms with van der Waals surface area (Å²) in [7, 11) is 0. The molecule has 1 unspecified atom stereocenters. The van der Waals surface area contributed by atoms with E-state index in [1.807, 2.05) is 20.8 Å². The Morgan fingerprint density at radius 3 is 2.46 bits per heavy atom. The molecule has 2 amide bonds. The molecule has 1 atom stereocenters. The second kappa shape index (κ2) is 8.38. The van der Waals surface area contributed by atoms with Crippen molar-refractivity contribution in [1.29, 1.82) is 0 Å². The summed E-state index contributed by atoms with van der Waals surface area (Å²) in [5.41, 5.74) is 0.518. The topological polar surface area (TPSA) is 81.1 Å². The van der Waals surface area contributed by atoms with Gasteiger partial charge in [-0.1, -0.05) is 32.6 Å². The van der Waals surface area contributed by atoms with Crippen molar-refractivity contribution in [3.63, 3.8) is 0 Å². The van der Waals surface area contributed by atoms with E-state index in [1.54, 1.807) is 26.0 Å². The molecule has 0 spiro atoms. The minimum atomic E-state index is -0.700. The lowest BCUT2D eigenvalue weighted by atomic mass is 10.1. The first kappa shape index (κ1) is 19.5. The number of hydrogen-bond acceptors (Lipinski definition) is 4. The van der Waals surface area contributed by atoms with Gasteiger partial charge in [-0.15, -0.1) is 0 Å². The summed E-state index contributed by atoms with van der Waals surface area (Å²) >= 11 is 0. The summed E-state index contributed by atoms with van der Waals surface area (Å²) in [6, 6.07) is -0.700. The molecule has 1 aliphatic heterocycles. The Morgan fingerprint density at radius 1 is 1.33 bits per heavy atom. The first-order valence-corrected chi connectivity index (χ1v) is 8.13. The highest BCUT2D eigenvalue weighted by molar-refractivity contribution is 5.99. The van der Waals surface area contributed by atoms with Crippen molar-refractivity contribution >= 4 is 23.5 Å². The van der Waals surface area contributed by atoms with Crippen LogP contribution in [-0.2, 0) is 9.59 Å². The Balaban J connectivity index is 0.00000139. The van der Waals surface area contributed by atoms with E-state index in [-0.39, 0.29) is 17.9 Å². The van der Waals surface area contributed by atoms with Crippen molar-refractivity contribution in [2.45, 2.75) is 53.5 Å². The molecule has 0 radical (unpaired) electrons. The van der Waals surface area contributed by atoms with Crippen LogP contribution in [-0.4, -0.2) is 21.4 Å². The quantitative estimate of drug-likeness (QED) is 0.810. The second-order valence-corrected chi connectivity index (χ2v) is 5.24. The summed E-state index contributed by atoms with van der Waals surface area (Å²) in [5, 5.41) is 3.28. The highest BCUT2D eigenvalue weighted by atomic mass is 16.2. The molecule has 6 nitrogen and oxygen atoms in total. The van der Waals surface area contributed by atoms with E-state index < -0.39 is 11.9 Å². The SMILES string of the molecule is C=C/C(C)=c1/nc(C)n(C2CCC(=O)NC2=O)c(=O)/c1=C/C.CC. The normalized spacial score (nSPS) is 19.2. The van der Waals surface area contributed by atoms with Gasteiger partial charge in [0.15, 0.2) is 0 Å². The minimum absolute atomic E-state index is 0.215. The number of rotatable bonds is 2. The maximum Gasteiger partial charge on any atom is 0.261 e. The zero-order chi connectivity index (χ0) is 18.4. The lowest BCUT2D eigenvalue weighted by Gasteiger charge is -2.24. The van der Waals surface area contributed by atoms with Gasteiger partial charge in [0.2, 0.25) is 11.8 Å². The first-order valence-electron chi connectivity index (χ1n) is 8.13. The van der Waals surface area contributed by atoms with Crippen LogP contribution in [0.25, 0.3) is 11.6 Å². The largest absolute Gasteiger partial charge is 0.295 e. The molecule has 0 bridgehead atoms. The first-order chi connectivity index (χ1) is 11.4. The van der Waals surface area contributed by atoms with Crippen LogP contribution >= 0.6 is 0 Å². The van der Waals surface area contributed by atoms with Crippen LogP contribution in [0, 0.1) is 6.92 Å². The van der Waals surface area contributed by atoms with Crippen LogP contribution in [0.1, 0.15) is 52.4 Å². The van der Waals surface area contributed by atoms with Crippen LogP contribution in [0.3, 0.4) is 0 Å². The van der Waals surface area contributed by atoms with Crippen molar-refractivity contribution in [2.75, 3.05) is 0 Å². The lowest BCUT2D eigenvalue weighted by molar-refractivity contribution is -0.135. The molecular formula is C18H25N3O3. The molecule has 6 heteroatoms. The standard InChI is InChI=1S/C16H19N3O3.C2H6/c1-5-9(3)14-11(6-2)16(22)19(10(4)17-14)12-7-8-13(20)18-15(12)21;1-2/h5-6,12H,1,7-8H2,2-4H3,(H,18,20,21);1-2H3/b11-6+,14-9+;. The maximum atomic E-state index is 12.8. The van der Waals surface area contributed by atoms with Gasteiger partial charge >= 0.3 is 0 Å². The van der Waals surface area contributed by atoms with Gasteiger partial charge in [-0.3, -0.25) is 24.3 Å². The number of carbonyl (C=O) groups excluding carboxylic acids is 2. The van der Waals surface area contributed by atoms with Crippen molar-refractivity contribution in [2.24, 2.45) is 0 Å². The number of aryl methyl sites for hydroxylation is 1. The molecule has 24 heavy (non-hydrogen) atoms. The Kier molecular flexibility index (Phi) is 6.82. The van der Waals surface area contributed by atoms with E-state index in [1.165, 1.54) is 4.57 Å². The lowest BCUT2D eigenvalue weighted by Crippen LogP contribution is -2.53. The Labute approximate surface area is 141 Å². The summed E-state index contributed by atoms with van der Waals surface area (Å²) in [5.74, 6) is -0.321. The third-order valence-corrected chi connectivity index (χ3v) is 3.82. The Hall–Kier alpha value is -2.50. The maximum absolute atomic E-state index is 12.8. The van der Waals surface area contributed by atoms with E-state index in [9.17, 15) is 14.4 Å². The predicted octanol–water partition coefficient (Wildman–Crippen LogP) is 0.713. The predicted molar refractivity (Wildman–Crippen MR) is 94.7 cm³/mol. The zero-order valence-electron chi connectivity index (χ0n) is 15.0. The molecule has 1 aromatic rings. The van der Waals surface area contributed by atoms with Gasteiger partial charge in [0.25, 0.3) is 5.56 Å². The van der Waals surface area contributed by atoms with Crippen molar-refractivity contribution in [1.82, 2.24) is 14.9 Å². The van der Waals surface area contributed by atoms with Crippen LogP contribution in [0.2, 0.25) is 0 Å². The van der Waals surface area contributed by atoms with Crippen LogP contribution < -0.4 is 21.4 Å². The molecule has 1 saturated heterocycles. The fraction of sp³-hybridized carbons (Fsp3) is 0.444. The molecule has 0 aliphatic carbocycles. The van der Waals surface area contributed by atoms with Crippen molar-refractivity contribution in [3.05, 3.63) is 39.4 Å². The number of imide groups is 1.